The second-order valence-corrected chi connectivity index (χ2v) is 7.86. The molecule has 2 heterocycles. The second kappa shape index (κ2) is 10.2. The van der Waals surface area contributed by atoms with Crippen LogP contribution in [0.2, 0.25) is 0 Å². The molecule has 2 saturated heterocycles. The molecule has 29 heavy (non-hydrogen) atoms. The highest BCUT2D eigenvalue weighted by Gasteiger charge is 2.32. The van der Waals surface area contributed by atoms with Crippen molar-refractivity contribution in [2.45, 2.75) is 18.5 Å². The lowest BCUT2D eigenvalue weighted by molar-refractivity contribution is 0.00104. The number of nitrogens with one attached hydrogen (secondary N) is 1. The van der Waals surface area contributed by atoms with Crippen molar-refractivity contribution in [3.63, 3.8) is 0 Å². The minimum atomic E-state index is 0.146. The maximum Gasteiger partial charge on any atom is 0.118 e. The Kier molecular flexibility index (Phi) is 7.17. The Hall–Kier alpha value is -1.92. The van der Waals surface area contributed by atoms with Crippen molar-refractivity contribution in [1.82, 2.24) is 10.2 Å². The van der Waals surface area contributed by atoms with Crippen molar-refractivity contribution in [3.8, 4) is 5.75 Å². The molecule has 0 saturated carbocycles. The lowest BCUT2D eigenvalue weighted by Crippen LogP contribution is -2.52. The molecule has 0 amide bonds. The summed E-state index contributed by atoms with van der Waals surface area (Å²) < 4.78 is 16.7. The maximum atomic E-state index is 5.73. The number of rotatable bonds is 8. The molecule has 0 radical (unpaired) electrons. The first-order chi connectivity index (χ1) is 14.3. The fourth-order valence-electron chi connectivity index (χ4n) is 4.47. The van der Waals surface area contributed by atoms with E-state index >= 15 is 0 Å². The molecule has 0 bridgehead atoms. The average Bonchev–Trinajstić information content (AvgIpc) is 3.33. The molecule has 156 valence electrons. The molecule has 5 nitrogen and oxygen atoms in total. The van der Waals surface area contributed by atoms with Crippen molar-refractivity contribution in [1.29, 1.82) is 0 Å². The lowest BCUT2D eigenvalue weighted by atomic mass is 9.94. The Bertz CT molecular complexity index is 726. The normalized spacial score (nSPS) is 22.3. The highest BCUT2D eigenvalue weighted by molar-refractivity contribution is 5.35. The molecule has 2 aliphatic heterocycles. The first-order valence-corrected chi connectivity index (χ1v) is 10.7. The van der Waals surface area contributed by atoms with E-state index in [0.717, 1.165) is 58.2 Å². The molecule has 2 aromatic rings. The summed E-state index contributed by atoms with van der Waals surface area (Å²) in [4.78, 5) is 2.59. The van der Waals surface area contributed by atoms with Crippen molar-refractivity contribution in [2.75, 3.05) is 53.2 Å². The van der Waals surface area contributed by atoms with Gasteiger partial charge in [0.1, 0.15) is 5.75 Å². The maximum absolute atomic E-state index is 5.73. The Morgan fingerprint density at radius 2 is 1.69 bits per heavy atom. The first kappa shape index (κ1) is 20.4. The fourth-order valence-corrected chi connectivity index (χ4v) is 4.47. The number of methoxy groups -OCH3 is 1. The molecule has 2 aliphatic rings. The summed E-state index contributed by atoms with van der Waals surface area (Å²) in [5, 5.41) is 3.89. The molecule has 3 atom stereocenters. The average molecular weight is 397 g/mol. The van der Waals surface area contributed by atoms with Crippen molar-refractivity contribution in [2.24, 2.45) is 5.92 Å². The van der Waals surface area contributed by atoms with Gasteiger partial charge in [-0.05, 0) is 29.7 Å². The topological polar surface area (TPSA) is 43.0 Å². The fraction of sp³-hybridized carbons (Fsp3) is 0.500. The quantitative estimate of drug-likeness (QED) is 0.743. The van der Waals surface area contributed by atoms with Gasteiger partial charge in [-0.1, -0.05) is 42.5 Å². The van der Waals surface area contributed by atoms with Crippen LogP contribution in [0.1, 0.15) is 23.6 Å². The molecule has 0 aliphatic carbocycles. The number of nitrogens with zero attached hydrogens (tertiary/aromatic N) is 1. The third kappa shape index (κ3) is 5.17. The van der Waals surface area contributed by atoms with Crippen molar-refractivity contribution in [3.05, 3.63) is 65.7 Å². The van der Waals surface area contributed by atoms with Gasteiger partial charge >= 0.3 is 0 Å². The Balaban J connectivity index is 1.53. The van der Waals surface area contributed by atoms with Crippen LogP contribution >= 0.6 is 0 Å². The number of benzene rings is 2. The van der Waals surface area contributed by atoms with Gasteiger partial charge in [-0.15, -0.1) is 0 Å². The van der Waals surface area contributed by atoms with Crippen LogP contribution in [0.15, 0.2) is 54.6 Å². The largest absolute Gasteiger partial charge is 0.497 e. The van der Waals surface area contributed by atoms with Crippen LogP contribution in [-0.2, 0) is 9.47 Å². The molecule has 2 aromatic carbocycles. The van der Waals surface area contributed by atoms with Gasteiger partial charge in [0.25, 0.3) is 0 Å². The predicted molar refractivity (Wildman–Crippen MR) is 114 cm³/mol. The van der Waals surface area contributed by atoms with Crippen LogP contribution < -0.4 is 10.1 Å². The molecule has 5 heteroatoms. The van der Waals surface area contributed by atoms with E-state index in [1.54, 1.807) is 7.11 Å². The Morgan fingerprint density at radius 3 is 2.34 bits per heavy atom. The third-order valence-electron chi connectivity index (χ3n) is 6.14. The molecule has 1 N–H and O–H groups in total. The molecule has 0 spiro atoms. The van der Waals surface area contributed by atoms with Gasteiger partial charge < -0.3 is 19.5 Å². The van der Waals surface area contributed by atoms with Crippen LogP contribution in [0.25, 0.3) is 0 Å². The summed E-state index contributed by atoms with van der Waals surface area (Å²) in [6.45, 7) is 6.33. The van der Waals surface area contributed by atoms with E-state index in [-0.39, 0.29) is 6.04 Å². The lowest BCUT2D eigenvalue weighted by Gasteiger charge is -2.38. The number of morpholine rings is 1. The van der Waals surface area contributed by atoms with E-state index in [0.29, 0.717) is 12.0 Å². The van der Waals surface area contributed by atoms with Crippen LogP contribution in [0.3, 0.4) is 0 Å². The summed E-state index contributed by atoms with van der Waals surface area (Å²) in [5.74, 6) is 1.46. The van der Waals surface area contributed by atoms with Gasteiger partial charge in [0.2, 0.25) is 0 Å². The first-order valence-electron chi connectivity index (χ1n) is 10.7. The highest BCUT2D eigenvalue weighted by Crippen LogP contribution is 2.26. The van der Waals surface area contributed by atoms with Crippen molar-refractivity contribution >= 4 is 0 Å². The highest BCUT2D eigenvalue weighted by atomic mass is 16.5. The summed E-state index contributed by atoms with van der Waals surface area (Å²) >= 11 is 0. The van der Waals surface area contributed by atoms with E-state index in [4.69, 9.17) is 14.2 Å². The third-order valence-corrected chi connectivity index (χ3v) is 6.14. The predicted octanol–water partition coefficient (Wildman–Crippen LogP) is 3.11. The minimum absolute atomic E-state index is 0.146. The van der Waals surface area contributed by atoms with E-state index in [2.05, 4.69) is 52.7 Å². The summed E-state index contributed by atoms with van der Waals surface area (Å²) in [7, 11) is 1.71. The molecule has 3 unspecified atom stereocenters. The number of hydrogen-bond donors (Lipinski definition) is 1. The summed E-state index contributed by atoms with van der Waals surface area (Å²) in [6.07, 6.45) is 1.14. The van der Waals surface area contributed by atoms with Gasteiger partial charge in [-0.2, -0.15) is 0 Å². The zero-order valence-corrected chi connectivity index (χ0v) is 17.3. The number of hydrogen-bond acceptors (Lipinski definition) is 5. The summed E-state index contributed by atoms with van der Waals surface area (Å²) in [6, 6.07) is 19.7. The summed E-state index contributed by atoms with van der Waals surface area (Å²) in [5.41, 5.74) is 2.53. The number of ether oxygens (including phenoxy) is 3. The van der Waals surface area contributed by atoms with Crippen LogP contribution in [0.4, 0.5) is 0 Å². The monoisotopic (exact) mass is 396 g/mol. The standard InChI is InChI=1S/C24H32N2O3/c1-27-22-9-7-20(8-10-22)24(19-5-3-2-4-6-19)25-17-23(21-11-14-29-18-21)26-12-15-28-16-13-26/h2-10,21,23-25H,11-18H2,1H3. The Labute approximate surface area is 174 Å². The zero-order valence-electron chi connectivity index (χ0n) is 17.3. The van der Waals surface area contributed by atoms with Gasteiger partial charge in [0, 0.05) is 38.2 Å². The molecular formula is C24H32N2O3. The zero-order chi connectivity index (χ0) is 19.9. The van der Waals surface area contributed by atoms with E-state index in [1.165, 1.54) is 11.1 Å². The van der Waals surface area contributed by atoms with E-state index in [1.807, 2.05) is 12.1 Å². The van der Waals surface area contributed by atoms with Gasteiger partial charge in [0.15, 0.2) is 0 Å². The van der Waals surface area contributed by atoms with Crippen LogP contribution in [0.5, 0.6) is 5.75 Å². The smallest absolute Gasteiger partial charge is 0.118 e. The molecule has 4 rings (SSSR count). The van der Waals surface area contributed by atoms with Crippen molar-refractivity contribution < 1.29 is 14.2 Å². The molecule has 2 fully saturated rings. The van der Waals surface area contributed by atoms with E-state index < -0.39 is 0 Å². The molecule has 0 aromatic heterocycles. The van der Waals surface area contributed by atoms with Crippen LogP contribution in [-0.4, -0.2) is 64.1 Å². The minimum Gasteiger partial charge on any atom is -0.497 e. The van der Waals surface area contributed by atoms with Gasteiger partial charge in [0.05, 0.1) is 33.0 Å². The van der Waals surface area contributed by atoms with Gasteiger partial charge in [-0.3, -0.25) is 4.90 Å². The second-order valence-electron chi connectivity index (χ2n) is 7.86. The van der Waals surface area contributed by atoms with E-state index in [9.17, 15) is 0 Å². The molecular weight excluding hydrogens is 364 g/mol. The Morgan fingerprint density at radius 1 is 0.966 bits per heavy atom. The SMILES string of the molecule is COc1ccc(C(NCC(C2CCOC2)N2CCOCC2)c2ccccc2)cc1. The van der Waals surface area contributed by atoms with Crippen LogP contribution in [0, 0.1) is 5.92 Å². The van der Waals surface area contributed by atoms with Gasteiger partial charge in [-0.25, -0.2) is 0 Å².